The SMILES string of the molecule is Cc1ccc(Cn2cc(NC(=O)c3[nH]ccc3C)c3ccccc32)cc1. The van der Waals surface area contributed by atoms with Crippen LogP contribution in [0.3, 0.4) is 0 Å². The molecule has 0 aliphatic carbocycles. The van der Waals surface area contributed by atoms with E-state index < -0.39 is 0 Å². The summed E-state index contributed by atoms with van der Waals surface area (Å²) in [7, 11) is 0. The maximum atomic E-state index is 12.6. The summed E-state index contributed by atoms with van der Waals surface area (Å²) in [6, 6.07) is 18.6. The number of hydrogen-bond donors (Lipinski definition) is 2. The van der Waals surface area contributed by atoms with Crippen molar-refractivity contribution in [2.24, 2.45) is 0 Å². The molecule has 4 heteroatoms. The number of carbonyl (C=O) groups excluding carboxylic acids is 1. The molecule has 4 aromatic rings. The van der Waals surface area contributed by atoms with E-state index >= 15 is 0 Å². The molecule has 26 heavy (non-hydrogen) atoms. The zero-order valence-electron chi connectivity index (χ0n) is 14.9. The molecule has 2 heterocycles. The Hall–Kier alpha value is -3.27. The second-order valence-corrected chi connectivity index (χ2v) is 6.66. The molecular formula is C22H21N3O. The first-order valence-corrected chi connectivity index (χ1v) is 8.70. The lowest BCUT2D eigenvalue weighted by Crippen LogP contribution is -2.13. The number of nitrogens with zero attached hydrogens (tertiary/aromatic N) is 1. The van der Waals surface area contributed by atoms with Crippen LogP contribution in [0.1, 0.15) is 27.2 Å². The Labute approximate surface area is 152 Å². The number of rotatable bonds is 4. The number of anilines is 1. The highest BCUT2D eigenvalue weighted by Gasteiger charge is 2.14. The van der Waals surface area contributed by atoms with Gasteiger partial charge in [-0.3, -0.25) is 4.79 Å². The lowest BCUT2D eigenvalue weighted by Gasteiger charge is -2.06. The first-order valence-electron chi connectivity index (χ1n) is 8.70. The van der Waals surface area contributed by atoms with Crippen LogP contribution >= 0.6 is 0 Å². The normalized spacial score (nSPS) is 11.0. The van der Waals surface area contributed by atoms with Crippen LogP contribution in [-0.2, 0) is 6.54 Å². The molecule has 0 atom stereocenters. The fourth-order valence-electron chi connectivity index (χ4n) is 3.24. The molecule has 0 fully saturated rings. The first kappa shape index (κ1) is 16.2. The molecular weight excluding hydrogens is 322 g/mol. The van der Waals surface area contributed by atoms with Crippen LogP contribution in [0.2, 0.25) is 0 Å². The van der Waals surface area contributed by atoms with Crippen molar-refractivity contribution in [2.45, 2.75) is 20.4 Å². The average Bonchev–Trinajstić information content (AvgIpc) is 3.22. The molecule has 0 aliphatic heterocycles. The molecule has 0 saturated heterocycles. The van der Waals surface area contributed by atoms with Gasteiger partial charge in [-0.1, -0.05) is 48.0 Å². The van der Waals surface area contributed by atoms with Crippen LogP contribution in [0.25, 0.3) is 10.9 Å². The molecule has 0 saturated carbocycles. The zero-order chi connectivity index (χ0) is 18.1. The summed E-state index contributed by atoms with van der Waals surface area (Å²) in [6.45, 7) is 4.77. The van der Waals surface area contributed by atoms with Crippen LogP contribution in [0.15, 0.2) is 67.0 Å². The molecule has 0 unspecified atom stereocenters. The van der Waals surface area contributed by atoms with Gasteiger partial charge in [0.25, 0.3) is 5.91 Å². The largest absolute Gasteiger partial charge is 0.357 e. The number of aromatic amines is 1. The summed E-state index contributed by atoms with van der Waals surface area (Å²) in [5, 5.41) is 4.09. The van der Waals surface area contributed by atoms with E-state index in [1.807, 2.05) is 37.4 Å². The van der Waals surface area contributed by atoms with E-state index in [1.54, 1.807) is 6.20 Å². The Balaban J connectivity index is 1.68. The molecule has 0 spiro atoms. The van der Waals surface area contributed by atoms with E-state index in [-0.39, 0.29) is 5.91 Å². The second-order valence-electron chi connectivity index (χ2n) is 6.66. The van der Waals surface area contributed by atoms with Gasteiger partial charge in [-0.2, -0.15) is 0 Å². The third-order valence-corrected chi connectivity index (χ3v) is 4.69. The summed E-state index contributed by atoms with van der Waals surface area (Å²) in [6.07, 6.45) is 3.80. The van der Waals surface area contributed by atoms with Gasteiger partial charge in [-0.25, -0.2) is 0 Å². The Morgan fingerprint density at radius 1 is 1.04 bits per heavy atom. The standard InChI is InChI=1S/C22H21N3O/c1-15-7-9-17(10-8-15)13-25-14-19(18-5-3-4-6-20(18)25)24-22(26)21-16(2)11-12-23-21/h3-12,14,23H,13H2,1-2H3,(H,24,26). The van der Waals surface area contributed by atoms with Crippen LogP contribution in [0.4, 0.5) is 5.69 Å². The molecule has 4 rings (SSSR count). The highest BCUT2D eigenvalue weighted by Crippen LogP contribution is 2.27. The lowest BCUT2D eigenvalue weighted by atomic mass is 10.1. The Morgan fingerprint density at radius 2 is 1.81 bits per heavy atom. The predicted molar refractivity (Wildman–Crippen MR) is 106 cm³/mol. The fraction of sp³-hybridized carbons (Fsp3) is 0.136. The van der Waals surface area contributed by atoms with Crippen molar-refractivity contribution in [3.63, 3.8) is 0 Å². The lowest BCUT2D eigenvalue weighted by molar-refractivity contribution is 0.102. The van der Waals surface area contributed by atoms with Crippen molar-refractivity contribution < 1.29 is 4.79 Å². The number of nitrogens with one attached hydrogen (secondary N) is 2. The van der Waals surface area contributed by atoms with E-state index in [1.165, 1.54) is 11.1 Å². The molecule has 0 bridgehead atoms. The maximum absolute atomic E-state index is 12.6. The highest BCUT2D eigenvalue weighted by atomic mass is 16.1. The smallest absolute Gasteiger partial charge is 0.272 e. The van der Waals surface area contributed by atoms with Gasteiger partial charge in [0.15, 0.2) is 0 Å². The van der Waals surface area contributed by atoms with Gasteiger partial charge in [0.1, 0.15) is 5.69 Å². The fourth-order valence-corrected chi connectivity index (χ4v) is 3.24. The number of fused-ring (bicyclic) bond motifs is 1. The molecule has 2 aromatic carbocycles. The van der Waals surface area contributed by atoms with Gasteiger partial charge in [-0.05, 0) is 37.1 Å². The summed E-state index contributed by atoms with van der Waals surface area (Å²) < 4.78 is 2.18. The predicted octanol–water partition coefficient (Wildman–Crippen LogP) is 4.89. The summed E-state index contributed by atoms with van der Waals surface area (Å²) in [5.41, 5.74) is 5.94. The summed E-state index contributed by atoms with van der Waals surface area (Å²) in [5.74, 6) is -0.120. The number of benzene rings is 2. The van der Waals surface area contributed by atoms with Gasteiger partial charge >= 0.3 is 0 Å². The number of H-pyrrole nitrogens is 1. The zero-order valence-corrected chi connectivity index (χ0v) is 14.9. The number of hydrogen-bond acceptors (Lipinski definition) is 1. The maximum Gasteiger partial charge on any atom is 0.272 e. The van der Waals surface area contributed by atoms with E-state index in [9.17, 15) is 4.79 Å². The Kier molecular flexibility index (Phi) is 4.09. The minimum absolute atomic E-state index is 0.120. The summed E-state index contributed by atoms with van der Waals surface area (Å²) in [4.78, 5) is 15.6. The second kappa shape index (κ2) is 6.56. The molecule has 130 valence electrons. The van der Waals surface area contributed by atoms with E-state index in [4.69, 9.17) is 0 Å². The monoisotopic (exact) mass is 343 g/mol. The van der Waals surface area contributed by atoms with Crippen molar-refractivity contribution in [1.29, 1.82) is 0 Å². The van der Waals surface area contributed by atoms with Crippen molar-refractivity contribution in [2.75, 3.05) is 5.32 Å². The molecule has 2 N–H and O–H groups in total. The van der Waals surface area contributed by atoms with Crippen LogP contribution in [0.5, 0.6) is 0 Å². The topological polar surface area (TPSA) is 49.8 Å². The number of amides is 1. The van der Waals surface area contributed by atoms with E-state index in [0.29, 0.717) is 5.69 Å². The van der Waals surface area contributed by atoms with Gasteiger partial charge in [0.2, 0.25) is 0 Å². The molecule has 2 aromatic heterocycles. The van der Waals surface area contributed by atoms with Crippen LogP contribution in [0, 0.1) is 13.8 Å². The van der Waals surface area contributed by atoms with Gasteiger partial charge in [-0.15, -0.1) is 0 Å². The molecule has 1 amide bonds. The van der Waals surface area contributed by atoms with Gasteiger partial charge in [0.05, 0.1) is 11.2 Å². The van der Waals surface area contributed by atoms with E-state index in [0.717, 1.165) is 28.7 Å². The van der Waals surface area contributed by atoms with Gasteiger partial charge < -0.3 is 14.9 Å². The van der Waals surface area contributed by atoms with E-state index in [2.05, 4.69) is 52.1 Å². The quantitative estimate of drug-likeness (QED) is 0.545. The highest BCUT2D eigenvalue weighted by molar-refractivity contribution is 6.08. The number of aromatic nitrogens is 2. The van der Waals surface area contributed by atoms with Gasteiger partial charge in [0, 0.05) is 24.3 Å². The van der Waals surface area contributed by atoms with Crippen LogP contribution in [-0.4, -0.2) is 15.5 Å². The van der Waals surface area contributed by atoms with Crippen molar-refractivity contribution in [3.8, 4) is 0 Å². The number of carbonyl (C=O) groups is 1. The van der Waals surface area contributed by atoms with Crippen LogP contribution < -0.4 is 5.32 Å². The molecule has 0 radical (unpaired) electrons. The minimum Gasteiger partial charge on any atom is -0.357 e. The third kappa shape index (κ3) is 3.02. The summed E-state index contributed by atoms with van der Waals surface area (Å²) >= 11 is 0. The Bertz CT molecular complexity index is 1070. The Morgan fingerprint density at radius 3 is 2.54 bits per heavy atom. The molecule has 4 nitrogen and oxygen atoms in total. The minimum atomic E-state index is -0.120. The number of para-hydroxylation sites is 1. The molecule has 0 aliphatic rings. The average molecular weight is 343 g/mol. The van der Waals surface area contributed by atoms with Crippen molar-refractivity contribution in [3.05, 3.63) is 89.4 Å². The van der Waals surface area contributed by atoms with Crippen molar-refractivity contribution >= 4 is 22.5 Å². The number of aryl methyl sites for hydroxylation is 2. The first-order chi connectivity index (χ1) is 12.6. The third-order valence-electron chi connectivity index (χ3n) is 4.69. The van der Waals surface area contributed by atoms with Crippen molar-refractivity contribution in [1.82, 2.24) is 9.55 Å².